The number of halogens is 1. The fraction of sp³-hybridized carbons (Fsp3) is 0.231. The van der Waals surface area contributed by atoms with E-state index in [0.29, 0.717) is 17.9 Å². The van der Waals surface area contributed by atoms with Crippen LogP contribution in [0.1, 0.15) is 15.9 Å². The lowest BCUT2D eigenvalue weighted by molar-refractivity contribution is 0.0962. The van der Waals surface area contributed by atoms with Gasteiger partial charge in [0.15, 0.2) is 0 Å². The number of hydrogen-bond acceptors (Lipinski definition) is 4. The largest absolute Gasteiger partial charge is 0.491 e. The number of ether oxygens (including phenoxy) is 1. The molecule has 1 aliphatic rings. The van der Waals surface area contributed by atoms with E-state index in [1.54, 1.807) is 30.6 Å². The first-order valence-electron chi connectivity index (χ1n) is 5.82. The van der Waals surface area contributed by atoms with Crippen molar-refractivity contribution in [1.29, 1.82) is 0 Å². The Morgan fingerprint density at radius 2 is 2.37 bits per heavy atom. The van der Waals surface area contributed by atoms with Gasteiger partial charge in [-0.25, -0.2) is 0 Å². The highest BCUT2D eigenvalue weighted by Gasteiger charge is 2.21. The minimum atomic E-state index is -0.157. The third kappa shape index (κ3) is 2.26. The van der Waals surface area contributed by atoms with E-state index in [0.717, 1.165) is 20.8 Å². The first kappa shape index (κ1) is 12.6. The number of hydrogen-bond donors (Lipinski definition) is 1. The van der Waals surface area contributed by atoms with E-state index in [1.807, 2.05) is 0 Å². The summed E-state index contributed by atoms with van der Waals surface area (Å²) in [5, 5.41) is 2.59. The standard InChI is InChI=1S/C13H11BrN2O2S/c1-15-13(17)8-4-9-11(16-6-8)12-7(2-3-18-9)5-10(14)19-12/h4-6H,2-3H2,1H3,(H,15,17). The molecule has 0 fully saturated rings. The molecule has 3 rings (SSSR count). The second-order valence-corrected chi connectivity index (χ2v) is 6.58. The van der Waals surface area contributed by atoms with Crippen molar-refractivity contribution in [3.05, 3.63) is 33.2 Å². The second-order valence-electron chi connectivity index (χ2n) is 4.15. The van der Waals surface area contributed by atoms with Gasteiger partial charge in [-0.1, -0.05) is 0 Å². The quantitative estimate of drug-likeness (QED) is 0.869. The first-order valence-corrected chi connectivity index (χ1v) is 7.43. The van der Waals surface area contributed by atoms with Crippen molar-refractivity contribution in [1.82, 2.24) is 10.3 Å². The number of carbonyl (C=O) groups is 1. The average Bonchev–Trinajstić information content (AvgIpc) is 2.70. The monoisotopic (exact) mass is 338 g/mol. The number of thiophene rings is 1. The van der Waals surface area contributed by atoms with Crippen LogP contribution in [0.25, 0.3) is 10.6 Å². The summed E-state index contributed by atoms with van der Waals surface area (Å²) < 4.78 is 6.80. The zero-order valence-electron chi connectivity index (χ0n) is 10.2. The Morgan fingerprint density at radius 3 is 3.16 bits per heavy atom. The summed E-state index contributed by atoms with van der Waals surface area (Å²) in [5.74, 6) is 0.518. The van der Waals surface area contributed by atoms with Crippen LogP contribution in [-0.4, -0.2) is 24.5 Å². The summed E-state index contributed by atoms with van der Waals surface area (Å²) in [7, 11) is 1.60. The molecule has 0 radical (unpaired) electrons. The van der Waals surface area contributed by atoms with Gasteiger partial charge in [-0.15, -0.1) is 11.3 Å². The van der Waals surface area contributed by atoms with Crippen molar-refractivity contribution < 1.29 is 9.53 Å². The van der Waals surface area contributed by atoms with E-state index in [-0.39, 0.29) is 5.91 Å². The Bertz CT molecular complexity index is 654. The predicted molar refractivity (Wildman–Crippen MR) is 77.8 cm³/mol. The Hall–Kier alpha value is -1.40. The SMILES string of the molecule is CNC(=O)c1cnc2c(c1)OCCc1cc(Br)sc1-2. The molecule has 19 heavy (non-hydrogen) atoms. The minimum absolute atomic E-state index is 0.157. The van der Waals surface area contributed by atoms with E-state index in [1.165, 1.54) is 5.56 Å². The molecular weight excluding hydrogens is 328 g/mol. The lowest BCUT2D eigenvalue weighted by Crippen LogP contribution is -2.18. The lowest BCUT2D eigenvalue weighted by atomic mass is 10.1. The molecule has 0 aromatic carbocycles. The van der Waals surface area contributed by atoms with Gasteiger partial charge in [0.1, 0.15) is 11.4 Å². The maximum Gasteiger partial charge on any atom is 0.252 e. The number of nitrogens with one attached hydrogen (secondary N) is 1. The van der Waals surface area contributed by atoms with E-state index >= 15 is 0 Å². The van der Waals surface area contributed by atoms with Crippen LogP contribution < -0.4 is 10.1 Å². The Labute approximate surface area is 122 Å². The molecule has 1 N–H and O–H groups in total. The first-order chi connectivity index (χ1) is 9.19. The summed E-state index contributed by atoms with van der Waals surface area (Å²) in [6, 6.07) is 3.86. The van der Waals surface area contributed by atoms with Crippen LogP contribution in [0.2, 0.25) is 0 Å². The summed E-state index contributed by atoms with van der Waals surface area (Å²) in [4.78, 5) is 17.1. The summed E-state index contributed by atoms with van der Waals surface area (Å²) >= 11 is 5.14. The predicted octanol–water partition coefficient (Wildman–Crippen LogP) is 2.87. The van der Waals surface area contributed by atoms with Gasteiger partial charge in [0, 0.05) is 19.7 Å². The zero-order chi connectivity index (χ0) is 13.4. The zero-order valence-corrected chi connectivity index (χ0v) is 12.6. The normalized spacial score (nSPS) is 12.9. The summed E-state index contributed by atoms with van der Waals surface area (Å²) in [6.07, 6.45) is 2.44. The van der Waals surface area contributed by atoms with Crippen LogP contribution >= 0.6 is 27.3 Å². The van der Waals surface area contributed by atoms with E-state index < -0.39 is 0 Å². The minimum Gasteiger partial charge on any atom is -0.491 e. The van der Waals surface area contributed by atoms with Gasteiger partial charge in [0.25, 0.3) is 5.91 Å². The molecule has 2 aromatic heterocycles. The second kappa shape index (κ2) is 4.94. The highest BCUT2D eigenvalue weighted by molar-refractivity contribution is 9.11. The third-order valence-corrected chi connectivity index (χ3v) is 4.65. The molecule has 0 saturated carbocycles. The molecule has 2 aromatic rings. The lowest BCUT2D eigenvalue weighted by Gasteiger charge is -2.08. The molecule has 6 heteroatoms. The van der Waals surface area contributed by atoms with Crippen LogP contribution in [0.4, 0.5) is 0 Å². The van der Waals surface area contributed by atoms with Crippen molar-refractivity contribution in [2.45, 2.75) is 6.42 Å². The van der Waals surface area contributed by atoms with Crippen LogP contribution in [0, 0.1) is 0 Å². The van der Waals surface area contributed by atoms with Crippen molar-refractivity contribution in [2.24, 2.45) is 0 Å². The van der Waals surface area contributed by atoms with Crippen LogP contribution in [-0.2, 0) is 6.42 Å². The molecule has 4 nitrogen and oxygen atoms in total. The number of aromatic nitrogens is 1. The van der Waals surface area contributed by atoms with Crippen LogP contribution in [0.5, 0.6) is 5.75 Å². The number of fused-ring (bicyclic) bond motifs is 3. The van der Waals surface area contributed by atoms with Gasteiger partial charge >= 0.3 is 0 Å². The fourth-order valence-electron chi connectivity index (χ4n) is 2.05. The van der Waals surface area contributed by atoms with Crippen molar-refractivity contribution in [3.63, 3.8) is 0 Å². The molecule has 0 bridgehead atoms. The maximum absolute atomic E-state index is 11.6. The number of amides is 1. The van der Waals surface area contributed by atoms with Crippen molar-refractivity contribution in [2.75, 3.05) is 13.7 Å². The number of pyridine rings is 1. The number of rotatable bonds is 1. The molecule has 0 atom stereocenters. The Balaban J connectivity index is 2.12. The molecule has 0 spiro atoms. The third-order valence-electron chi connectivity index (χ3n) is 2.96. The van der Waals surface area contributed by atoms with Gasteiger partial charge in [-0.2, -0.15) is 0 Å². The average molecular weight is 339 g/mol. The topological polar surface area (TPSA) is 51.2 Å². The maximum atomic E-state index is 11.6. The fourth-order valence-corrected chi connectivity index (χ4v) is 3.75. The molecule has 98 valence electrons. The molecule has 3 heterocycles. The Kier molecular flexibility index (Phi) is 3.28. The van der Waals surface area contributed by atoms with Crippen LogP contribution in [0.3, 0.4) is 0 Å². The number of carbonyl (C=O) groups excluding carboxylic acids is 1. The van der Waals surface area contributed by atoms with Gasteiger partial charge in [0.05, 0.1) is 20.8 Å². The molecule has 0 saturated heterocycles. The molecule has 1 aliphatic heterocycles. The van der Waals surface area contributed by atoms with Crippen molar-refractivity contribution in [3.8, 4) is 16.3 Å². The van der Waals surface area contributed by atoms with Gasteiger partial charge in [0.2, 0.25) is 0 Å². The molecule has 0 unspecified atom stereocenters. The highest BCUT2D eigenvalue weighted by Crippen LogP contribution is 2.41. The van der Waals surface area contributed by atoms with Crippen LogP contribution in [0.15, 0.2) is 22.1 Å². The van der Waals surface area contributed by atoms with Gasteiger partial charge in [-0.05, 0) is 33.6 Å². The van der Waals surface area contributed by atoms with Gasteiger partial charge < -0.3 is 10.1 Å². The smallest absolute Gasteiger partial charge is 0.252 e. The summed E-state index contributed by atoms with van der Waals surface area (Å²) in [6.45, 7) is 0.599. The number of nitrogens with zero attached hydrogens (tertiary/aromatic N) is 1. The molecule has 1 amide bonds. The molecular formula is C13H11BrN2O2S. The van der Waals surface area contributed by atoms with Crippen molar-refractivity contribution >= 4 is 33.2 Å². The summed E-state index contributed by atoms with van der Waals surface area (Å²) in [5.41, 5.74) is 2.56. The van der Waals surface area contributed by atoms with Gasteiger partial charge in [-0.3, -0.25) is 9.78 Å². The Morgan fingerprint density at radius 1 is 1.53 bits per heavy atom. The van der Waals surface area contributed by atoms with E-state index in [9.17, 15) is 4.79 Å². The van der Waals surface area contributed by atoms with E-state index in [2.05, 4.69) is 32.3 Å². The molecule has 0 aliphatic carbocycles. The van der Waals surface area contributed by atoms with E-state index in [4.69, 9.17) is 4.74 Å². The highest BCUT2D eigenvalue weighted by atomic mass is 79.9.